The molecule has 0 spiro atoms. The van der Waals surface area contributed by atoms with Crippen LogP contribution in [-0.4, -0.2) is 43.0 Å². The van der Waals surface area contributed by atoms with E-state index < -0.39 is 0 Å². The van der Waals surface area contributed by atoms with Crippen molar-refractivity contribution in [2.24, 2.45) is 5.92 Å². The fraction of sp³-hybridized carbons (Fsp3) is 0.440. The molecule has 2 aromatic carbocycles. The number of piperidine rings is 1. The lowest BCUT2D eigenvalue weighted by molar-refractivity contribution is -0.134. The Bertz CT molecular complexity index is 860. The lowest BCUT2D eigenvalue weighted by Crippen LogP contribution is -2.40. The molecule has 0 atom stereocenters. The Kier molecular flexibility index (Phi) is 6.67. The molecule has 158 valence electrons. The van der Waals surface area contributed by atoms with Gasteiger partial charge in [-0.3, -0.25) is 9.59 Å². The zero-order chi connectivity index (χ0) is 20.8. The molecule has 0 radical (unpaired) electrons. The first-order valence-electron chi connectivity index (χ1n) is 11.0. The van der Waals surface area contributed by atoms with Gasteiger partial charge in [0, 0.05) is 25.9 Å². The van der Waals surface area contributed by atoms with Crippen LogP contribution in [0.25, 0.3) is 0 Å². The van der Waals surface area contributed by atoms with E-state index in [9.17, 15) is 9.59 Å². The quantitative estimate of drug-likeness (QED) is 0.727. The average Bonchev–Trinajstić information content (AvgIpc) is 2.81. The molecule has 0 aromatic heterocycles. The van der Waals surface area contributed by atoms with Gasteiger partial charge in [0.25, 0.3) is 0 Å². The summed E-state index contributed by atoms with van der Waals surface area (Å²) < 4.78 is 5.61. The normalized spacial score (nSPS) is 16.7. The summed E-state index contributed by atoms with van der Waals surface area (Å²) in [6, 6.07) is 18.2. The van der Waals surface area contributed by atoms with E-state index in [0.29, 0.717) is 19.1 Å². The van der Waals surface area contributed by atoms with Crippen molar-refractivity contribution in [3.8, 4) is 5.75 Å². The molecule has 0 unspecified atom stereocenters. The van der Waals surface area contributed by atoms with Gasteiger partial charge in [0.15, 0.2) is 0 Å². The largest absolute Gasteiger partial charge is 0.490 e. The van der Waals surface area contributed by atoms with Crippen LogP contribution in [-0.2, 0) is 16.0 Å². The molecule has 5 nitrogen and oxygen atoms in total. The summed E-state index contributed by atoms with van der Waals surface area (Å²) in [7, 11) is 0. The minimum atomic E-state index is -0.00292. The molecule has 0 aliphatic carbocycles. The molecular weight excluding hydrogens is 376 g/mol. The van der Waals surface area contributed by atoms with Gasteiger partial charge in [-0.1, -0.05) is 42.5 Å². The molecular formula is C25H30N2O3. The Hall–Kier alpha value is -2.82. The SMILES string of the molecule is O=C(CCC(=O)N1CCOc2ccccc21)N1CCC(CCc2ccccc2)CC1. The third-order valence-corrected chi connectivity index (χ3v) is 6.23. The second kappa shape index (κ2) is 9.79. The Morgan fingerprint density at radius 2 is 1.57 bits per heavy atom. The van der Waals surface area contributed by atoms with Gasteiger partial charge in [0.1, 0.15) is 12.4 Å². The standard InChI is InChI=1S/C25H30N2O3/c28-24(12-13-25(29)27-18-19-30-23-9-5-4-8-22(23)27)26-16-14-21(15-17-26)11-10-20-6-2-1-3-7-20/h1-9,21H,10-19H2. The number of ether oxygens (including phenoxy) is 1. The van der Waals surface area contributed by atoms with Crippen LogP contribution >= 0.6 is 0 Å². The summed E-state index contributed by atoms with van der Waals surface area (Å²) in [5.74, 6) is 1.52. The summed E-state index contributed by atoms with van der Waals surface area (Å²) in [6.45, 7) is 2.66. The van der Waals surface area contributed by atoms with Crippen LogP contribution in [0.1, 0.15) is 37.7 Å². The van der Waals surface area contributed by atoms with Gasteiger partial charge >= 0.3 is 0 Å². The summed E-state index contributed by atoms with van der Waals surface area (Å²) in [5, 5.41) is 0. The van der Waals surface area contributed by atoms with Gasteiger partial charge in [-0.2, -0.15) is 0 Å². The van der Waals surface area contributed by atoms with Gasteiger partial charge in [0.05, 0.1) is 12.2 Å². The second-order valence-electron chi connectivity index (χ2n) is 8.21. The highest BCUT2D eigenvalue weighted by molar-refractivity contribution is 5.97. The number of amides is 2. The topological polar surface area (TPSA) is 49.9 Å². The zero-order valence-corrected chi connectivity index (χ0v) is 17.5. The molecule has 0 saturated carbocycles. The molecule has 0 bridgehead atoms. The van der Waals surface area contributed by atoms with Crippen molar-refractivity contribution in [2.75, 3.05) is 31.1 Å². The number of para-hydroxylation sites is 2. The molecule has 2 aliphatic rings. The number of rotatable bonds is 6. The van der Waals surface area contributed by atoms with E-state index in [0.717, 1.165) is 43.8 Å². The monoisotopic (exact) mass is 406 g/mol. The first-order chi connectivity index (χ1) is 14.7. The van der Waals surface area contributed by atoms with Gasteiger partial charge in [-0.05, 0) is 49.3 Å². The maximum atomic E-state index is 12.7. The second-order valence-corrected chi connectivity index (χ2v) is 8.21. The van der Waals surface area contributed by atoms with Gasteiger partial charge in [0.2, 0.25) is 11.8 Å². The molecule has 4 rings (SSSR count). The Balaban J connectivity index is 1.20. The summed E-state index contributed by atoms with van der Waals surface area (Å²) >= 11 is 0. The van der Waals surface area contributed by atoms with Crippen molar-refractivity contribution in [3.63, 3.8) is 0 Å². The van der Waals surface area contributed by atoms with E-state index in [1.54, 1.807) is 4.90 Å². The Labute approximate surface area is 178 Å². The highest BCUT2D eigenvalue weighted by Gasteiger charge is 2.26. The minimum absolute atomic E-state index is 0.00292. The predicted octanol–water partition coefficient (Wildman–Crippen LogP) is 4.06. The number of carbonyl (C=O) groups excluding carboxylic acids is 2. The minimum Gasteiger partial charge on any atom is -0.490 e. The Morgan fingerprint density at radius 3 is 2.37 bits per heavy atom. The molecule has 0 N–H and O–H groups in total. The fourth-order valence-electron chi connectivity index (χ4n) is 4.42. The van der Waals surface area contributed by atoms with Gasteiger partial charge in [-0.25, -0.2) is 0 Å². The van der Waals surface area contributed by atoms with Crippen molar-refractivity contribution >= 4 is 17.5 Å². The van der Waals surface area contributed by atoms with Crippen molar-refractivity contribution in [2.45, 2.75) is 38.5 Å². The summed E-state index contributed by atoms with van der Waals surface area (Å²) in [4.78, 5) is 29.1. The molecule has 1 fully saturated rings. The molecule has 2 aromatic rings. The van der Waals surface area contributed by atoms with E-state index in [-0.39, 0.29) is 24.7 Å². The number of aryl methyl sites for hydroxylation is 1. The lowest BCUT2D eigenvalue weighted by Gasteiger charge is -2.33. The summed E-state index contributed by atoms with van der Waals surface area (Å²) in [5.41, 5.74) is 2.19. The molecule has 2 aliphatic heterocycles. The highest BCUT2D eigenvalue weighted by atomic mass is 16.5. The maximum absolute atomic E-state index is 12.7. The highest BCUT2D eigenvalue weighted by Crippen LogP contribution is 2.31. The van der Waals surface area contributed by atoms with Crippen LogP contribution in [0.5, 0.6) is 5.75 Å². The number of anilines is 1. The number of hydrogen-bond donors (Lipinski definition) is 0. The number of benzene rings is 2. The van der Waals surface area contributed by atoms with Crippen molar-refractivity contribution in [3.05, 3.63) is 60.2 Å². The lowest BCUT2D eigenvalue weighted by atomic mass is 9.90. The third-order valence-electron chi connectivity index (χ3n) is 6.23. The van der Waals surface area contributed by atoms with Crippen LogP contribution in [0.2, 0.25) is 0 Å². The van der Waals surface area contributed by atoms with E-state index in [2.05, 4.69) is 30.3 Å². The van der Waals surface area contributed by atoms with Gasteiger partial charge < -0.3 is 14.5 Å². The maximum Gasteiger partial charge on any atom is 0.227 e. The summed E-state index contributed by atoms with van der Waals surface area (Å²) in [6.07, 6.45) is 4.94. The zero-order valence-electron chi connectivity index (χ0n) is 17.5. The van der Waals surface area contributed by atoms with Crippen LogP contribution in [0.4, 0.5) is 5.69 Å². The van der Waals surface area contributed by atoms with Gasteiger partial charge in [-0.15, -0.1) is 0 Å². The van der Waals surface area contributed by atoms with E-state index in [1.165, 1.54) is 12.0 Å². The molecule has 30 heavy (non-hydrogen) atoms. The number of hydrogen-bond acceptors (Lipinski definition) is 3. The Morgan fingerprint density at radius 1 is 0.867 bits per heavy atom. The molecule has 5 heteroatoms. The smallest absolute Gasteiger partial charge is 0.227 e. The van der Waals surface area contributed by atoms with E-state index in [1.807, 2.05) is 29.2 Å². The fourth-order valence-corrected chi connectivity index (χ4v) is 4.42. The van der Waals surface area contributed by atoms with Crippen molar-refractivity contribution in [1.82, 2.24) is 4.90 Å². The molecule has 2 amide bonds. The predicted molar refractivity (Wildman–Crippen MR) is 118 cm³/mol. The third kappa shape index (κ3) is 5.02. The van der Waals surface area contributed by atoms with Crippen molar-refractivity contribution < 1.29 is 14.3 Å². The number of nitrogens with zero attached hydrogens (tertiary/aromatic N) is 2. The van der Waals surface area contributed by atoms with E-state index >= 15 is 0 Å². The first-order valence-corrected chi connectivity index (χ1v) is 11.0. The number of likely N-dealkylation sites (tertiary alicyclic amines) is 1. The van der Waals surface area contributed by atoms with Crippen LogP contribution in [0.15, 0.2) is 54.6 Å². The average molecular weight is 407 g/mol. The first kappa shape index (κ1) is 20.5. The number of fused-ring (bicyclic) bond motifs is 1. The van der Waals surface area contributed by atoms with Crippen LogP contribution < -0.4 is 9.64 Å². The van der Waals surface area contributed by atoms with E-state index in [4.69, 9.17) is 4.74 Å². The molecule has 1 saturated heterocycles. The molecule has 2 heterocycles. The number of carbonyl (C=O) groups is 2. The van der Waals surface area contributed by atoms with Crippen LogP contribution in [0, 0.1) is 5.92 Å². The van der Waals surface area contributed by atoms with Crippen LogP contribution in [0.3, 0.4) is 0 Å². The van der Waals surface area contributed by atoms with Crippen molar-refractivity contribution in [1.29, 1.82) is 0 Å².